The Morgan fingerprint density at radius 2 is 1.96 bits per heavy atom. The Hall–Kier alpha value is -2.50. The zero-order valence-electron chi connectivity index (χ0n) is 13.9. The van der Waals surface area contributed by atoms with Crippen molar-refractivity contribution in [2.24, 2.45) is 0 Å². The number of ether oxygens (including phenoxy) is 1. The van der Waals surface area contributed by atoms with Gasteiger partial charge in [-0.2, -0.15) is 0 Å². The van der Waals surface area contributed by atoms with Crippen molar-refractivity contribution in [3.8, 4) is 0 Å². The molecule has 7 heteroatoms. The number of methoxy groups -OCH3 is 1. The van der Waals surface area contributed by atoms with Crippen molar-refractivity contribution >= 4 is 46.0 Å². The Morgan fingerprint density at radius 3 is 2.73 bits per heavy atom. The van der Waals surface area contributed by atoms with Gasteiger partial charge in [-0.15, -0.1) is 0 Å². The maximum Gasteiger partial charge on any atom is 0.328 e. The third-order valence-electron chi connectivity index (χ3n) is 4.06. The van der Waals surface area contributed by atoms with Crippen LogP contribution in [0.1, 0.15) is 15.9 Å². The highest BCUT2D eigenvalue weighted by molar-refractivity contribution is 6.35. The largest absolute Gasteiger partial charge is 0.467 e. The molecule has 26 heavy (non-hydrogen) atoms. The van der Waals surface area contributed by atoms with Crippen LogP contribution < -0.4 is 5.32 Å². The van der Waals surface area contributed by atoms with Crippen LogP contribution in [0.2, 0.25) is 10.0 Å². The van der Waals surface area contributed by atoms with Gasteiger partial charge >= 0.3 is 5.97 Å². The van der Waals surface area contributed by atoms with Crippen LogP contribution in [0.5, 0.6) is 0 Å². The van der Waals surface area contributed by atoms with Crippen LogP contribution in [0.25, 0.3) is 10.9 Å². The standard InChI is InChI=1S/C19H16Cl2N2O3/c1-26-19(25)17(8-11-10-22-16-5-3-2-4-13(11)16)23-18(24)14-9-12(20)6-7-15(14)21/h2-7,9-10,17,22H,8H2,1H3,(H,23,24). The van der Waals surface area contributed by atoms with E-state index in [1.165, 1.54) is 19.2 Å². The number of esters is 1. The monoisotopic (exact) mass is 390 g/mol. The molecular weight excluding hydrogens is 375 g/mol. The number of benzene rings is 2. The first-order chi connectivity index (χ1) is 12.5. The van der Waals surface area contributed by atoms with Gasteiger partial charge in [0.05, 0.1) is 17.7 Å². The molecule has 3 aromatic rings. The number of hydrogen-bond donors (Lipinski definition) is 2. The number of para-hydroxylation sites is 1. The molecule has 0 aliphatic rings. The smallest absolute Gasteiger partial charge is 0.328 e. The number of aromatic amines is 1. The number of halogens is 2. The van der Waals surface area contributed by atoms with Crippen molar-refractivity contribution in [2.75, 3.05) is 7.11 Å². The highest BCUT2D eigenvalue weighted by Crippen LogP contribution is 2.22. The second-order valence-corrected chi connectivity index (χ2v) is 6.58. The van der Waals surface area contributed by atoms with E-state index in [9.17, 15) is 9.59 Å². The van der Waals surface area contributed by atoms with Crippen LogP contribution in [0.3, 0.4) is 0 Å². The summed E-state index contributed by atoms with van der Waals surface area (Å²) in [5.74, 6) is -1.03. The SMILES string of the molecule is COC(=O)C(Cc1c[nH]c2ccccc12)NC(=O)c1cc(Cl)ccc1Cl. The predicted molar refractivity (Wildman–Crippen MR) is 102 cm³/mol. The summed E-state index contributed by atoms with van der Waals surface area (Å²) in [6, 6.07) is 11.4. The molecule has 1 unspecified atom stereocenters. The van der Waals surface area contributed by atoms with Crippen LogP contribution in [0.4, 0.5) is 0 Å². The average Bonchev–Trinajstić information content (AvgIpc) is 3.05. The summed E-state index contributed by atoms with van der Waals surface area (Å²) < 4.78 is 4.84. The highest BCUT2D eigenvalue weighted by Gasteiger charge is 2.24. The van der Waals surface area contributed by atoms with E-state index >= 15 is 0 Å². The molecule has 0 radical (unpaired) electrons. The van der Waals surface area contributed by atoms with E-state index in [1.807, 2.05) is 30.5 Å². The molecule has 0 aliphatic carbocycles. The van der Waals surface area contributed by atoms with Crippen molar-refractivity contribution in [1.82, 2.24) is 10.3 Å². The first kappa shape index (κ1) is 18.3. The number of nitrogens with one attached hydrogen (secondary N) is 2. The van der Waals surface area contributed by atoms with Gasteiger partial charge in [0.1, 0.15) is 6.04 Å². The fourth-order valence-corrected chi connectivity index (χ4v) is 3.14. The Kier molecular flexibility index (Phi) is 5.49. The van der Waals surface area contributed by atoms with Crippen molar-refractivity contribution in [3.63, 3.8) is 0 Å². The van der Waals surface area contributed by atoms with Gasteiger partial charge < -0.3 is 15.0 Å². The molecule has 1 amide bonds. The molecule has 1 atom stereocenters. The van der Waals surface area contributed by atoms with Gasteiger partial charge in [0, 0.05) is 28.5 Å². The predicted octanol–water partition coefficient (Wildman–Crippen LogP) is 3.99. The minimum atomic E-state index is -0.859. The summed E-state index contributed by atoms with van der Waals surface area (Å²) in [6.07, 6.45) is 2.10. The number of amides is 1. The van der Waals surface area contributed by atoms with E-state index in [4.69, 9.17) is 27.9 Å². The third kappa shape index (κ3) is 3.84. The van der Waals surface area contributed by atoms with Gasteiger partial charge in [0.2, 0.25) is 0 Å². The van der Waals surface area contributed by atoms with Gasteiger partial charge in [0.25, 0.3) is 5.91 Å². The summed E-state index contributed by atoms with van der Waals surface area (Å²) in [6.45, 7) is 0. The topological polar surface area (TPSA) is 71.2 Å². The summed E-state index contributed by atoms with van der Waals surface area (Å²) >= 11 is 12.0. The Bertz CT molecular complexity index is 968. The molecule has 2 N–H and O–H groups in total. The number of carbonyl (C=O) groups excluding carboxylic acids is 2. The number of hydrogen-bond acceptors (Lipinski definition) is 3. The molecular formula is C19H16Cl2N2O3. The quantitative estimate of drug-likeness (QED) is 0.647. The van der Waals surface area contributed by atoms with E-state index in [0.717, 1.165) is 16.5 Å². The van der Waals surface area contributed by atoms with Crippen LogP contribution in [0, 0.1) is 0 Å². The maximum absolute atomic E-state index is 12.6. The van der Waals surface area contributed by atoms with Crippen molar-refractivity contribution in [2.45, 2.75) is 12.5 Å². The molecule has 1 aromatic heterocycles. The molecule has 1 heterocycles. The third-order valence-corrected chi connectivity index (χ3v) is 4.63. The zero-order valence-corrected chi connectivity index (χ0v) is 15.4. The van der Waals surface area contributed by atoms with E-state index in [1.54, 1.807) is 6.07 Å². The molecule has 2 aromatic carbocycles. The number of rotatable bonds is 5. The maximum atomic E-state index is 12.6. The van der Waals surface area contributed by atoms with E-state index in [-0.39, 0.29) is 17.0 Å². The van der Waals surface area contributed by atoms with Crippen LogP contribution in [-0.4, -0.2) is 30.0 Å². The fraction of sp³-hybridized carbons (Fsp3) is 0.158. The van der Waals surface area contributed by atoms with Crippen LogP contribution in [-0.2, 0) is 16.0 Å². The summed E-state index contributed by atoms with van der Waals surface area (Å²) in [5.41, 5.74) is 2.05. The first-order valence-electron chi connectivity index (χ1n) is 7.88. The van der Waals surface area contributed by atoms with Crippen molar-refractivity contribution in [1.29, 1.82) is 0 Å². The van der Waals surface area contributed by atoms with Gasteiger partial charge in [-0.05, 0) is 29.8 Å². The number of H-pyrrole nitrogens is 1. The molecule has 0 fully saturated rings. The Balaban J connectivity index is 1.85. The van der Waals surface area contributed by atoms with Crippen molar-refractivity contribution in [3.05, 3.63) is 69.8 Å². The second-order valence-electron chi connectivity index (χ2n) is 5.74. The molecule has 0 aliphatic heterocycles. The molecule has 0 saturated heterocycles. The Morgan fingerprint density at radius 1 is 1.19 bits per heavy atom. The normalized spacial score (nSPS) is 12.0. The van der Waals surface area contributed by atoms with Gasteiger partial charge in [-0.1, -0.05) is 41.4 Å². The summed E-state index contributed by atoms with van der Waals surface area (Å²) in [7, 11) is 1.28. The highest BCUT2D eigenvalue weighted by atomic mass is 35.5. The number of carbonyl (C=O) groups is 2. The van der Waals surface area contributed by atoms with Crippen LogP contribution >= 0.6 is 23.2 Å². The lowest BCUT2D eigenvalue weighted by atomic mass is 10.0. The first-order valence-corrected chi connectivity index (χ1v) is 8.64. The van der Waals surface area contributed by atoms with Gasteiger partial charge in [-0.3, -0.25) is 4.79 Å². The van der Waals surface area contributed by atoms with E-state index < -0.39 is 17.9 Å². The van der Waals surface area contributed by atoms with Gasteiger partial charge in [-0.25, -0.2) is 4.79 Å². The lowest BCUT2D eigenvalue weighted by molar-refractivity contribution is -0.142. The number of fused-ring (bicyclic) bond motifs is 1. The second kappa shape index (κ2) is 7.81. The fourth-order valence-electron chi connectivity index (χ4n) is 2.76. The molecule has 134 valence electrons. The molecule has 3 rings (SSSR count). The molecule has 0 spiro atoms. The van der Waals surface area contributed by atoms with Crippen LogP contribution in [0.15, 0.2) is 48.7 Å². The summed E-state index contributed by atoms with van der Waals surface area (Å²) in [5, 5.41) is 4.30. The minimum Gasteiger partial charge on any atom is -0.467 e. The average molecular weight is 391 g/mol. The van der Waals surface area contributed by atoms with E-state index in [0.29, 0.717) is 5.02 Å². The lowest BCUT2D eigenvalue weighted by Gasteiger charge is -2.17. The molecule has 0 saturated carbocycles. The molecule has 0 bridgehead atoms. The molecule has 5 nitrogen and oxygen atoms in total. The van der Waals surface area contributed by atoms with E-state index in [2.05, 4.69) is 10.3 Å². The lowest BCUT2D eigenvalue weighted by Crippen LogP contribution is -2.43. The number of aromatic nitrogens is 1. The summed E-state index contributed by atoms with van der Waals surface area (Å²) in [4.78, 5) is 27.9. The minimum absolute atomic E-state index is 0.201. The van der Waals surface area contributed by atoms with Crippen molar-refractivity contribution < 1.29 is 14.3 Å². The zero-order chi connectivity index (χ0) is 18.7. The Labute approximate surface area is 160 Å². The van der Waals surface area contributed by atoms with Gasteiger partial charge in [0.15, 0.2) is 0 Å².